The van der Waals surface area contributed by atoms with Gasteiger partial charge in [-0.2, -0.15) is 0 Å². The van der Waals surface area contributed by atoms with Crippen LogP contribution in [-0.2, 0) is 4.79 Å². The zero-order valence-corrected chi connectivity index (χ0v) is 12.2. The van der Waals surface area contributed by atoms with Gasteiger partial charge in [-0.05, 0) is 43.7 Å². The molecule has 1 fully saturated rings. The van der Waals surface area contributed by atoms with Crippen molar-refractivity contribution in [1.82, 2.24) is 10.3 Å². The van der Waals surface area contributed by atoms with E-state index in [0.29, 0.717) is 6.42 Å². The number of anilines is 1. The molecule has 116 valence electrons. The number of halogens is 1. The van der Waals surface area contributed by atoms with Gasteiger partial charge in [-0.15, -0.1) is 0 Å². The fraction of sp³-hybridized carbons (Fsp3) is 0.533. The van der Waals surface area contributed by atoms with Crippen molar-refractivity contribution in [2.45, 2.75) is 19.3 Å². The van der Waals surface area contributed by atoms with Gasteiger partial charge in [-0.1, -0.05) is 0 Å². The average Bonchev–Trinajstić information content (AvgIpc) is 2.52. The van der Waals surface area contributed by atoms with E-state index in [1.807, 2.05) is 12.1 Å². The molecule has 1 aromatic carbocycles. The van der Waals surface area contributed by atoms with Crippen molar-refractivity contribution in [3.63, 3.8) is 0 Å². The summed E-state index contributed by atoms with van der Waals surface area (Å²) in [6.07, 6.45) is 2.36. The molecule has 0 atom stereocenters. The largest absolute Gasteiger partial charge is 0.369 e. The first-order valence-corrected chi connectivity index (χ1v) is 7.41. The van der Waals surface area contributed by atoms with E-state index in [2.05, 4.69) is 15.2 Å². The lowest BCUT2D eigenvalue weighted by Crippen LogP contribution is -2.46. The Morgan fingerprint density at radius 3 is 2.43 bits per heavy atom. The molecule has 1 amide bonds. The van der Waals surface area contributed by atoms with Crippen molar-refractivity contribution in [2.75, 3.05) is 37.6 Å². The standard InChI is InChI=1S/C15H23FN4O/c16-13-4-6-14(7-5-13)20-11-9-19(10-12-20)8-2-1-3-15(21)18-17/h4-7H,1-3,8-12,17H2,(H,18,21). The van der Waals surface area contributed by atoms with Crippen LogP contribution in [0.5, 0.6) is 0 Å². The maximum atomic E-state index is 12.9. The molecule has 0 aromatic heterocycles. The quantitative estimate of drug-likeness (QED) is 0.357. The third-order valence-electron chi connectivity index (χ3n) is 3.85. The topological polar surface area (TPSA) is 61.6 Å². The zero-order valence-electron chi connectivity index (χ0n) is 12.2. The molecule has 3 N–H and O–H groups in total. The van der Waals surface area contributed by atoms with Gasteiger partial charge < -0.3 is 4.90 Å². The molecule has 5 nitrogen and oxygen atoms in total. The van der Waals surface area contributed by atoms with Crippen LogP contribution in [0, 0.1) is 5.82 Å². The summed E-state index contributed by atoms with van der Waals surface area (Å²) in [7, 11) is 0. The van der Waals surface area contributed by atoms with Gasteiger partial charge in [0.1, 0.15) is 5.82 Å². The van der Waals surface area contributed by atoms with Crippen LogP contribution in [0.15, 0.2) is 24.3 Å². The Hall–Kier alpha value is -1.66. The summed E-state index contributed by atoms with van der Waals surface area (Å²) >= 11 is 0. The number of unbranched alkanes of at least 4 members (excludes halogenated alkanes) is 1. The maximum Gasteiger partial charge on any atom is 0.233 e. The van der Waals surface area contributed by atoms with E-state index >= 15 is 0 Å². The van der Waals surface area contributed by atoms with Crippen molar-refractivity contribution < 1.29 is 9.18 Å². The number of hydrogen-bond acceptors (Lipinski definition) is 4. The Bertz CT molecular complexity index is 443. The van der Waals surface area contributed by atoms with Gasteiger partial charge >= 0.3 is 0 Å². The number of carbonyl (C=O) groups excluding carboxylic acids is 1. The fourth-order valence-corrected chi connectivity index (χ4v) is 2.57. The lowest BCUT2D eigenvalue weighted by atomic mass is 10.2. The van der Waals surface area contributed by atoms with Gasteiger partial charge in [0.2, 0.25) is 5.91 Å². The maximum absolute atomic E-state index is 12.9. The second kappa shape index (κ2) is 7.95. The first-order chi connectivity index (χ1) is 10.2. The molecule has 2 rings (SSSR count). The van der Waals surface area contributed by atoms with Crippen LogP contribution in [0.25, 0.3) is 0 Å². The van der Waals surface area contributed by atoms with Crippen LogP contribution in [-0.4, -0.2) is 43.5 Å². The monoisotopic (exact) mass is 294 g/mol. The molecule has 6 heteroatoms. The van der Waals surface area contributed by atoms with Crippen LogP contribution >= 0.6 is 0 Å². The summed E-state index contributed by atoms with van der Waals surface area (Å²) in [4.78, 5) is 15.7. The summed E-state index contributed by atoms with van der Waals surface area (Å²) < 4.78 is 12.9. The molecule has 1 aliphatic heterocycles. The first kappa shape index (κ1) is 15.7. The molecule has 1 heterocycles. The highest BCUT2D eigenvalue weighted by molar-refractivity contribution is 5.75. The second-order valence-electron chi connectivity index (χ2n) is 5.33. The van der Waals surface area contributed by atoms with Crippen molar-refractivity contribution in [3.05, 3.63) is 30.1 Å². The number of amides is 1. The molecule has 0 saturated carbocycles. The summed E-state index contributed by atoms with van der Waals surface area (Å²) in [5.41, 5.74) is 3.22. The predicted molar refractivity (Wildman–Crippen MR) is 81.2 cm³/mol. The smallest absolute Gasteiger partial charge is 0.233 e. The Balaban J connectivity index is 1.66. The Morgan fingerprint density at radius 2 is 1.81 bits per heavy atom. The Kier molecular flexibility index (Phi) is 5.95. The molecule has 1 aromatic rings. The van der Waals surface area contributed by atoms with Crippen molar-refractivity contribution >= 4 is 11.6 Å². The van der Waals surface area contributed by atoms with Gasteiger partial charge in [0.05, 0.1) is 0 Å². The Morgan fingerprint density at radius 1 is 1.14 bits per heavy atom. The number of carbonyl (C=O) groups is 1. The van der Waals surface area contributed by atoms with Crippen LogP contribution < -0.4 is 16.2 Å². The number of nitrogens with zero attached hydrogens (tertiary/aromatic N) is 2. The summed E-state index contributed by atoms with van der Waals surface area (Å²) in [6.45, 7) is 4.92. The van der Waals surface area contributed by atoms with Crippen LogP contribution in [0.1, 0.15) is 19.3 Å². The first-order valence-electron chi connectivity index (χ1n) is 7.41. The highest BCUT2D eigenvalue weighted by Gasteiger charge is 2.16. The SMILES string of the molecule is NNC(=O)CCCCN1CCN(c2ccc(F)cc2)CC1. The molecule has 0 spiro atoms. The molecular weight excluding hydrogens is 271 g/mol. The van der Waals surface area contributed by atoms with Gasteiger partial charge in [0.25, 0.3) is 0 Å². The van der Waals surface area contributed by atoms with Crippen LogP contribution in [0.4, 0.5) is 10.1 Å². The van der Waals surface area contributed by atoms with Gasteiger partial charge in [-0.3, -0.25) is 15.1 Å². The lowest BCUT2D eigenvalue weighted by Gasteiger charge is -2.36. The van der Waals surface area contributed by atoms with E-state index in [-0.39, 0.29) is 11.7 Å². The number of hydrogen-bond donors (Lipinski definition) is 2. The van der Waals surface area contributed by atoms with Gasteiger partial charge in [0, 0.05) is 38.3 Å². The van der Waals surface area contributed by atoms with Crippen molar-refractivity contribution in [2.24, 2.45) is 5.84 Å². The van der Waals surface area contributed by atoms with E-state index in [1.54, 1.807) is 0 Å². The fourth-order valence-electron chi connectivity index (χ4n) is 2.57. The predicted octanol–water partition coefficient (Wildman–Crippen LogP) is 1.11. The van der Waals surface area contributed by atoms with Crippen molar-refractivity contribution in [3.8, 4) is 0 Å². The molecule has 1 aliphatic rings. The molecular formula is C15H23FN4O. The Labute approximate surface area is 124 Å². The van der Waals surface area contributed by atoms with Gasteiger partial charge in [-0.25, -0.2) is 10.2 Å². The molecule has 0 bridgehead atoms. The minimum absolute atomic E-state index is 0.101. The van der Waals surface area contributed by atoms with Crippen LogP contribution in [0.3, 0.4) is 0 Å². The molecule has 0 radical (unpaired) electrons. The molecule has 0 aliphatic carbocycles. The third kappa shape index (κ3) is 4.99. The summed E-state index contributed by atoms with van der Waals surface area (Å²) in [6, 6.07) is 6.67. The van der Waals surface area contributed by atoms with Gasteiger partial charge in [0.15, 0.2) is 0 Å². The van der Waals surface area contributed by atoms with E-state index < -0.39 is 0 Å². The number of nitrogens with one attached hydrogen (secondary N) is 1. The normalized spacial score (nSPS) is 16.0. The number of nitrogens with two attached hydrogens (primary N) is 1. The minimum atomic E-state index is -0.195. The highest BCUT2D eigenvalue weighted by Crippen LogP contribution is 2.17. The average molecular weight is 294 g/mol. The lowest BCUT2D eigenvalue weighted by molar-refractivity contribution is -0.121. The van der Waals surface area contributed by atoms with E-state index in [1.165, 1.54) is 12.1 Å². The van der Waals surface area contributed by atoms with E-state index in [0.717, 1.165) is 51.3 Å². The number of piperazine rings is 1. The highest BCUT2D eigenvalue weighted by atomic mass is 19.1. The van der Waals surface area contributed by atoms with E-state index in [9.17, 15) is 9.18 Å². The molecule has 1 saturated heterocycles. The molecule has 0 unspecified atom stereocenters. The van der Waals surface area contributed by atoms with E-state index in [4.69, 9.17) is 5.84 Å². The molecule has 21 heavy (non-hydrogen) atoms. The third-order valence-corrected chi connectivity index (χ3v) is 3.85. The van der Waals surface area contributed by atoms with Crippen LogP contribution in [0.2, 0.25) is 0 Å². The number of benzene rings is 1. The second-order valence-corrected chi connectivity index (χ2v) is 5.33. The minimum Gasteiger partial charge on any atom is -0.369 e. The zero-order chi connectivity index (χ0) is 15.1. The number of hydrazine groups is 1. The number of rotatable bonds is 6. The van der Waals surface area contributed by atoms with Crippen molar-refractivity contribution in [1.29, 1.82) is 0 Å². The summed E-state index contributed by atoms with van der Waals surface area (Å²) in [5.74, 6) is 4.74. The summed E-state index contributed by atoms with van der Waals surface area (Å²) in [5, 5.41) is 0.